The quantitative estimate of drug-likeness (QED) is 0.534. The number of carboxylic acids is 1. The zero-order chi connectivity index (χ0) is 7.40. The van der Waals surface area contributed by atoms with Crippen molar-refractivity contribution < 1.29 is 14.3 Å². The van der Waals surface area contributed by atoms with Crippen molar-refractivity contribution in [2.45, 2.75) is 6.42 Å². The SMILES string of the molecule is O=C([O-])Cc1cccc[o+]1. The lowest BCUT2D eigenvalue weighted by molar-refractivity contribution is -0.305. The van der Waals surface area contributed by atoms with Crippen LogP contribution in [-0.2, 0) is 11.2 Å². The third kappa shape index (κ3) is 1.85. The van der Waals surface area contributed by atoms with Crippen LogP contribution in [0.5, 0.6) is 0 Å². The first-order valence-corrected chi connectivity index (χ1v) is 2.84. The molecule has 52 valence electrons. The zero-order valence-electron chi connectivity index (χ0n) is 5.24. The summed E-state index contributed by atoms with van der Waals surface area (Å²) in [6.07, 6.45) is 1.26. The Bertz CT molecular complexity index is 218. The molecule has 1 heterocycles. The summed E-state index contributed by atoms with van der Waals surface area (Å²) in [5.74, 6) is -0.725. The van der Waals surface area contributed by atoms with Crippen LogP contribution in [0.2, 0.25) is 0 Å². The Morgan fingerprint density at radius 2 is 2.40 bits per heavy atom. The second-order valence-electron chi connectivity index (χ2n) is 1.82. The first-order valence-electron chi connectivity index (χ1n) is 2.84. The Labute approximate surface area is 57.9 Å². The Morgan fingerprint density at radius 1 is 1.60 bits per heavy atom. The third-order valence-electron chi connectivity index (χ3n) is 1.01. The number of aliphatic carboxylic acids is 1. The minimum Gasteiger partial charge on any atom is -0.549 e. The number of carbonyl (C=O) groups excluding carboxylic acids is 1. The fraction of sp³-hybridized carbons (Fsp3) is 0.143. The van der Waals surface area contributed by atoms with Crippen LogP contribution in [0.4, 0.5) is 0 Å². The molecule has 0 aromatic carbocycles. The molecule has 3 nitrogen and oxygen atoms in total. The van der Waals surface area contributed by atoms with Gasteiger partial charge in [0.25, 0.3) is 0 Å². The maximum absolute atomic E-state index is 10.00. The van der Waals surface area contributed by atoms with E-state index < -0.39 is 5.97 Å². The molecule has 0 saturated carbocycles. The number of hydrogen-bond acceptors (Lipinski definition) is 2. The van der Waals surface area contributed by atoms with Gasteiger partial charge >= 0.3 is 12.0 Å². The highest BCUT2D eigenvalue weighted by atomic mass is 16.4. The highest BCUT2D eigenvalue weighted by Crippen LogP contribution is 1.97. The summed E-state index contributed by atoms with van der Waals surface area (Å²) in [6, 6.07) is 4.98. The van der Waals surface area contributed by atoms with E-state index in [9.17, 15) is 9.90 Å². The van der Waals surface area contributed by atoms with Crippen molar-refractivity contribution in [1.29, 1.82) is 0 Å². The molecule has 3 heteroatoms. The van der Waals surface area contributed by atoms with Crippen molar-refractivity contribution in [3.05, 3.63) is 30.2 Å². The fourth-order valence-electron chi connectivity index (χ4n) is 0.617. The van der Waals surface area contributed by atoms with E-state index >= 15 is 0 Å². The van der Waals surface area contributed by atoms with Gasteiger partial charge in [0.05, 0.1) is 5.97 Å². The van der Waals surface area contributed by atoms with Gasteiger partial charge in [0, 0.05) is 12.1 Å². The molecule has 10 heavy (non-hydrogen) atoms. The van der Waals surface area contributed by atoms with Crippen LogP contribution in [-0.4, -0.2) is 5.97 Å². The number of hydrogen-bond donors (Lipinski definition) is 0. The second-order valence-corrected chi connectivity index (χ2v) is 1.82. The number of rotatable bonds is 2. The second kappa shape index (κ2) is 2.96. The largest absolute Gasteiger partial charge is 0.549 e. The molecule has 0 saturated heterocycles. The Balaban J connectivity index is 2.67. The van der Waals surface area contributed by atoms with Gasteiger partial charge < -0.3 is 9.90 Å². The lowest BCUT2D eigenvalue weighted by Crippen LogP contribution is -2.24. The minimum atomic E-state index is -1.13. The van der Waals surface area contributed by atoms with E-state index in [1.54, 1.807) is 18.2 Å². The van der Waals surface area contributed by atoms with E-state index in [1.165, 1.54) is 6.26 Å². The standard InChI is InChI=1S/C7H6O3/c8-7(9)5-6-3-1-2-4-10-6/h1-4H,5H2. The average Bonchev–Trinajstić information content (AvgIpc) is 1.88. The van der Waals surface area contributed by atoms with E-state index in [0.29, 0.717) is 5.76 Å². The maximum atomic E-state index is 10.00. The summed E-state index contributed by atoms with van der Waals surface area (Å²) in [7, 11) is 0. The predicted molar refractivity (Wildman–Crippen MR) is 31.8 cm³/mol. The molecule has 0 spiro atoms. The van der Waals surface area contributed by atoms with Gasteiger partial charge in [-0.3, -0.25) is 0 Å². The fourth-order valence-corrected chi connectivity index (χ4v) is 0.617. The van der Waals surface area contributed by atoms with Crippen LogP contribution in [0, 0.1) is 0 Å². The summed E-state index contributed by atoms with van der Waals surface area (Å²) in [5, 5.41) is 10.00. The van der Waals surface area contributed by atoms with Crippen LogP contribution in [0.1, 0.15) is 5.76 Å². The van der Waals surface area contributed by atoms with Gasteiger partial charge in [-0.2, -0.15) is 0 Å². The molecule has 0 atom stereocenters. The molecule has 0 amide bonds. The predicted octanol–water partition coefficient (Wildman–Crippen LogP) is -0.147. The molecule has 0 bridgehead atoms. The van der Waals surface area contributed by atoms with Crippen molar-refractivity contribution >= 4 is 5.97 Å². The van der Waals surface area contributed by atoms with Crippen molar-refractivity contribution in [1.82, 2.24) is 0 Å². The highest BCUT2D eigenvalue weighted by Gasteiger charge is 2.03. The molecule has 0 fully saturated rings. The van der Waals surface area contributed by atoms with E-state index in [1.807, 2.05) is 0 Å². The van der Waals surface area contributed by atoms with Gasteiger partial charge in [-0.25, -0.2) is 4.42 Å². The van der Waals surface area contributed by atoms with Gasteiger partial charge in [0.1, 0.15) is 6.42 Å². The smallest absolute Gasteiger partial charge is 0.334 e. The molecule has 0 aliphatic rings. The molecule has 1 rings (SSSR count). The molecule has 0 unspecified atom stereocenters. The lowest BCUT2D eigenvalue weighted by atomic mass is 10.3. The topological polar surface area (TPSA) is 51.4 Å². The van der Waals surface area contributed by atoms with Crippen LogP contribution >= 0.6 is 0 Å². The minimum absolute atomic E-state index is 0.166. The van der Waals surface area contributed by atoms with Gasteiger partial charge in [-0.15, -0.1) is 0 Å². The van der Waals surface area contributed by atoms with Crippen LogP contribution < -0.4 is 5.11 Å². The number of carbonyl (C=O) groups is 1. The van der Waals surface area contributed by atoms with Crippen LogP contribution in [0.25, 0.3) is 0 Å². The van der Waals surface area contributed by atoms with Crippen molar-refractivity contribution in [3.8, 4) is 0 Å². The van der Waals surface area contributed by atoms with E-state index in [0.717, 1.165) is 0 Å². The van der Waals surface area contributed by atoms with Crippen LogP contribution in [0.15, 0.2) is 28.9 Å². The van der Waals surface area contributed by atoms with Gasteiger partial charge in [0.2, 0.25) is 0 Å². The lowest BCUT2D eigenvalue weighted by Gasteiger charge is -1.90. The van der Waals surface area contributed by atoms with Crippen molar-refractivity contribution in [2.75, 3.05) is 0 Å². The van der Waals surface area contributed by atoms with E-state index in [2.05, 4.69) is 0 Å². The summed E-state index contributed by atoms with van der Waals surface area (Å²) < 4.78 is 4.82. The number of carboxylic acid groups (broad SMARTS) is 1. The normalized spacial score (nSPS) is 9.20. The molecular weight excluding hydrogens is 132 g/mol. The molecule has 0 aliphatic heterocycles. The summed E-state index contributed by atoms with van der Waals surface area (Å²) in [4.78, 5) is 10.00. The Hall–Kier alpha value is -1.38. The monoisotopic (exact) mass is 138 g/mol. The van der Waals surface area contributed by atoms with Crippen molar-refractivity contribution in [3.63, 3.8) is 0 Å². The first-order chi connectivity index (χ1) is 4.79. The molecular formula is C7H6O3. The molecule has 0 radical (unpaired) electrons. The summed E-state index contributed by atoms with van der Waals surface area (Å²) in [5.41, 5.74) is 0. The maximum Gasteiger partial charge on any atom is 0.334 e. The average molecular weight is 138 g/mol. The molecule has 1 aromatic heterocycles. The summed E-state index contributed by atoms with van der Waals surface area (Å²) >= 11 is 0. The van der Waals surface area contributed by atoms with Crippen molar-refractivity contribution in [2.24, 2.45) is 0 Å². The third-order valence-corrected chi connectivity index (χ3v) is 1.01. The molecule has 0 N–H and O–H groups in total. The first kappa shape index (κ1) is 6.74. The molecule has 1 aromatic rings. The van der Waals surface area contributed by atoms with Crippen LogP contribution in [0.3, 0.4) is 0 Å². The zero-order valence-corrected chi connectivity index (χ0v) is 5.24. The Morgan fingerprint density at radius 3 is 2.90 bits per heavy atom. The molecule has 0 aliphatic carbocycles. The Kier molecular flexibility index (Phi) is 1.99. The highest BCUT2D eigenvalue weighted by molar-refractivity contribution is 5.66. The van der Waals surface area contributed by atoms with E-state index in [-0.39, 0.29) is 6.42 Å². The van der Waals surface area contributed by atoms with Gasteiger partial charge in [-0.05, 0) is 6.07 Å². The van der Waals surface area contributed by atoms with Gasteiger partial charge in [0.15, 0.2) is 0 Å². The van der Waals surface area contributed by atoms with E-state index in [4.69, 9.17) is 4.42 Å². The van der Waals surface area contributed by atoms with Gasteiger partial charge in [-0.1, -0.05) is 0 Å². The summed E-state index contributed by atoms with van der Waals surface area (Å²) in [6.45, 7) is 0.